The topological polar surface area (TPSA) is 84.9 Å². The van der Waals surface area contributed by atoms with Crippen LogP contribution in [0.15, 0.2) is 47.4 Å². The van der Waals surface area contributed by atoms with E-state index in [1.807, 2.05) is 39.0 Å². The van der Waals surface area contributed by atoms with Gasteiger partial charge in [-0.2, -0.15) is 4.31 Å². The molecule has 3 rings (SSSR count). The van der Waals surface area contributed by atoms with Gasteiger partial charge in [0, 0.05) is 13.1 Å². The van der Waals surface area contributed by atoms with Crippen LogP contribution in [0.1, 0.15) is 37.8 Å². The van der Waals surface area contributed by atoms with Crippen molar-refractivity contribution < 1.29 is 22.7 Å². The molecule has 32 heavy (non-hydrogen) atoms. The second-order valence-electron chi connectivity index (χ2n) is 7.77. The van der Waals surface area contributed by atoms with Crippen molar-refractivity contribution in [1.29, 1.82) is 0 Å². The Hall–Kier alpha value is -2.58. The molecule has 0 aliphatic carbocycles. The summed E-state index contributed by atoms with van der Waals surface area (Å²) in [6.45, 7) is 7.60. The number of benzene rings is 2. The zero-order valence-electron chi connectivity index (χ0n) is 19.0. The number of hydrogen-bond acceptors (Lipinski definition) is 5. The highest BCUT2D eigenvalue weighted by molar-refractivity contribution is 7.89. The van der Waals surface area contributed by atoms with Crippen molar-refractivity contribution >= 4 is 15.9 Å². The summed E-state index contributed by atoms with van der Waals surface area (Å²) in [5, 5.41) is 2.91. The maximum absolute atomic E-state index is 13.1. The minimum absolute atomic E-state index is 0.223. The van der Waals surface area contributed by atoms with Gasteiger partial charge in [-0.25, -0.2) is 8.42 Å². The molecule has 174 valence electrons. The minimum atomic E-state index is -3.71. The highest BCUT2D eigenvalue weighted by atomic mass is 32.2. The van der Waals surface area contributed by atoms with Crippen molar-refractivity contribution in [2.24, 2.45) is 0 Å². The fourth-order valence-corrected chi connectivity index (χ4v) is 5.49. The first-order valence-electron chi connectivity index (χ1n) is 11.1. The Kier molecular flexibility index (Phi) is 8.15. The van der Waals surface area contributed by atoms with Crippen LogP contribution < -0.4 is 14.8 Å². The molecule has 8 heteroatoms. The first kappa shape index (κ1) is 24.1. The molecule has 0 radical (unpaired) electrons. The van der Waals surface area contributed by atoms with E-state index < -0.39 is 16.1 Å². The Morgan fingerprint density at radius 2 is 1.75 bits per heavy atom. The van der Waals surface area contributed by atoms with Crippen LogP contribution in [-0.4, -0.2) is 51.0 Å². The lowest BCUT2D eigenvalue weighted by Gasteiger charge is -2.23. The quantitative estimate of drug-likeness (QED) is 0.588. The number of ether oxygens (including phenoxy) is 2. The standard InChI is InChI=1S/C24H32N2O5S/c1-4-30-22-13-10-19(17-23(22)31-5-2)14-15-25-24(27)21-7-6-16-26(21)32(28,29)20-11-8-18(3)9-12-20/h8-13,17,21H,4-7,14-16H2,1-3H3,(H,25,27)/t21-/m0/s1. The molecule has 1 amide bonds. The molecular weight excluding hydrogens is 428 g/mol. The number of nitrogens with one attached hydrogen (secondary N) is 1. The second kappa shape index (κ2) is 10.8. The van der Waals surface area contributed by atoms with Gasteiger partial charge in [0.25, 0.3) is 0 Å². The molecule has 1 saturated heterocycles. The van der Waals surface area contributed by atoms with Crippen molar-refractivity contribution in [2.75, 3.05) is 26.3 Å². The molecule has 0 aromatic heterocycles. The average molecular weight is 461 g/mol. The van der Waals surface area contributed by atoms with E-state index in [9.17, 15) is 13.2 Å². The lowest BCUT2D eigenvalue weighted by atomic mass is 10.1. The molecule has 2 aromatic rings. The fourth-order valence-electron chi connectivity index (χ4n) is 3.83. The Bertz CT molecular complexity index is 1020. The zero-order chi connectivity index (χ0) is 23.1. The first-order chi connectivity index (χ1) is 15.4. The van der Waals surface area contributed by atoms with Crippen LogP contribution in [0.2, 0.25) is 0 Å². The van der Waals surface area contributed by atoms with Gasteiger partial charge < -0.3 is 14.8 Å². The summed E-state index contributed by atoms with van der Waals surface area (Å²) in [5.74, 6) is 1.13. The number of amides is 1. The molecule has 0 unspecified atom stereocenters. The van der Waals surface area contributed by atoms with Crippen molar-refractivity contribution in [2.45, 2.75) is 51.0 Å². The van der Waals surface area contributed by atoms with Crippen molar-refractivity contribution in [3.8, 4) is 11.5 Å². The largest absolute Gasteiger partial charge is 0.490 e. The van der Waals surface area contributed by atoms with Crippen molar-refractivity contribution in [1.82, 2.24) is 9.62 Å². The molecule has 2 aromatic carbocycles. The summed E-state index contributed by atoms with van der Waals surface area (Å²) in [6.07, 6.45) is 1.80. The van der Waals surface area contributed by atoms with Gasteiger partial charge in [-0.05, 0) is 69.9 Å². The van der Waals surface area contributed by atoms with Crippen LogP contribution in [0.25, 0.3) is 0 Å². The molecule has 1 heterocycles. The monoisotopic (exact) mass is 460 g/mol. The maximum atomic E-state index is 13.1. The summed E-state index contributed by atoms with van der Waals surface area (Å²) >= 11 is 0. The zero-order valence-corrected chi connectivity index (χ0v) is 19.8. The van der Waals surface area contributed by atoms with Crippen LogP contribution in [0.4, 0.5) is 0 Å². The highest BCUT2D eigenvalue weighted by Gasteiger charge is 2.39. The number of carbonyl (C=O) groups excluding carboxylic acids is 1. The van der Waals surface area contributed by atoms with Crippen LogP contribution >= 0.6 is 0 Å². The third kappa shape index (κ3) is 5.61. The van der Waals surface area contributed by atoms with E-state index in [1.165, 1.54) is 4.31 Å². The molecular formula is C24H32N2O5S. The molecule has 1 atom stereocenters. The van der Waals surface area contributed by atoms with E-state index >= 15 is 0 Å². The van der Waals surface area contributed by atoms with E-state index in [0.29, 0.717) is 57.1 Å². The fraction of sp³-hybridized carbons (Fsp3) is 0.458. The summed E-state index contributed by atoms with van der Waals surface area (Å²) in [6, 6.07) is 11.8. The van der Waals surface area contributed by atoms with E-state index in [1.54, 1.807) is 24.3 Å². The van der Waals surface area contributed by atoms with E-state index in [2.05, 4.69) is 5.32 Å². The summed E-state index contributed by atoms with van der Waals surface area (Å²) in [7, 11) is -3.71. The van der Waals surface area contributed by atoms with Gasteiger partial charge in [0.15, 0.2) is 11.5 Å². The number of nitrogens with zero attached hydrogens (tertiary/aromatic N) is 1. The Morgan fingerprint density at radius 3 is 2.44 bits per heavy atom. The molecule has 1 fully saturated rings. The van der Waals surface area contributed by atoms with Crippen LogP contribution in [-0.2, 0) is 21.2 Å². The summed E-state index contributed by atoms with van der Waals surface area (Å²) < 4.78 is 38.7. The Morgan fingerprint density at radius 1 is 1.06 bits per heavy atom. The van der Waals surface area contributed by atoms with Crippen LogP contribution in [0.5, 0.6) is 11.5 Å². The van der Waals surface area contributed by atoms with Crippen molar-refractivity contribution in [3.63, 3.8) is 0 Å². The SMILES string of the molecule is CCOc1ccc(CCNC(=O)[C@@H]2CCCN2S(=O)(=O)c2ccc(C)cc2)cc1OCC. The number of rotatable bonds is 10. The smallest absolute Gasteiger partial charge is 0.243 e. The van der Waals surface area contributed by atoms with Crippen LogP contribution in [0, 0.1) is 6.92 Å². The summed E-state index contributed by atoms with van der Waals surface area (Å²) in [5.41, 5.74) is 1.99. The van der Waals surface area contributed by atoms with Crippen molar-refractivity contribution in [3.05, 3.63) is 53.6 Å². The highest BCUT2D eigenvalue weighted by Crippen LogP contribution is 2.29. The lowest BCUT2D eigenvalue weighted by Crippen LogP contribution is -2.46. The van der Waals surface area contributed by atoms with E-state index in [0.717, 1.165) is 11.1 Å². The van der Waals surface area contributed by atoms with Gasteiger partial charge >= 0.3 is 0 Å². The molecule has 7 nitrogen and oxygen atoms in total. The van der Waals surface area contributed by atoms with Gasteiger partial charge in [0.1, 0.15) is 6.04 Å². The molecule has 1 aliphatic rings. The predicted octanol–water partition coefficient (Wildman–Crippen LogP) is 3.30. The Labute approximate surface area is 190 Å². The number of sulfonamides is 1. The molecule has 1 aliphatic heterocycles. The van der Waals surface area contributed by atoms with Crippen LogP contribution in [0.3, 0.4) is 0 Å². The number of hydrogen-bond donors (Lipinski definition) is 1. The molecule has 0 saturated carbocycles. The molecule has 1 N–H and O–H groups in total. The van der Waals surface area contributed by atoms with E-state index in [-0.39, 0.29) is 10.8 Å². The first-order valence-corrected chi connectivity index (χ1v) is 12.6. The summed E-state index contributed by atoms with van der Waals surface area (Å²) in [4.78, 5) is 13.0. The lowest BCUT2D eigenvalue weighted by molar-refractivity contribution is -0.124. The minimum Gasteiger partial charge on any atom is -0.490 e. The normalized spacial score (nSPS) is 16.7. The van der Waals surface area contributed by atoms with Gasteiger partial charge in [-0.3, -0.25) is 4.79 Å². The second-order valence-corrected chi connectivity index (χ2v) is 9.67. The van der Waals surface area contributed by atoms with Gasteiger partial charge in [-0.1, -0.05) is 23.8 Å². The number of aryl methyl sites for hydroxylation is 1. The van der Waals surface area contributed by atoms with Gasteiger partial charge in [0.2, 0.25) is 15.9 Å². The Balaban J connectivity index is 1.62. The molecule has 0 bridgehead atoms. The van der Waals surface area contributed by atoms with E-state index in [4.69, 9.17) is 9.47 Å². The average Bonchev–Trinajstić information content (AvgIpc) is 3.27. The van der Waals surface area contributed by atoms with Gasteiger partial charge in [0.05, 0.1) is 18.1 Å². The number of carbonyl (C=O) groups is 1. The third-order valence-corrected chi connectivity index (χ3v) is 7.38. The maximum Gasteiger partial charge on any atom is 0.243 e. The molecule has 0 spiro atoms. The predicted molar refractivity (Wildman–Crippen MR) is 124 cm³/mol. The third-order valence-electron chi connectivity index (χ3n) is 5.45. The van der Waals surface area contributed by atoms with Gasteiger partial charge in [-0.15, -0.1) is 0 Å².